The molecule has 7 heteroatoms. The van der Waals surface area contributed by atoms with Gasteiger partial charge in [-0.3, -0.25) is 19.4 Å². The van der Waals surface area contributed by atoms with Crippen LogP contribution in [0, 0.1) is 0 Å². The fourth-order valence-corrected chi connectivity index (χ4v) is 3.27. The SMILES string of the molecule is CC(=O)N1C(=O)N(C(C)=O)C(CBr)C1CBr. The zero-order valence-electron chi connectivity index (χ0n) is 8.94. The van der Waals surface area contributed by atoms with E-state index in [0.29, 0.717) is 10.7 Å². The molecule has 0 aromatic carbocycles. The van der Waals surface area contributed by atoms with E-state index in [1.54, 1.807) is 0 Å². The second kappa shape index (κ2) is 5.27. The Morgan fingerprint density at radius 3 is 1.56 bits per heavy atom. The summed E-state index contributed by atoms with van der Waals surface area (Å²) in [7, 11) is 0. The molecule has 5 nitrogen and oxygen atoms in total. The fourth-order valence-electron chi connectivity index (χ4n) is 1.82. The first-order valence-electron chi connectivity index (χ1n) is 4.71. The van der Waals surface area contributed by atoms with Crippen LogP contribution in [-0.4, -0.2) is 50.4 Å². The van der Waals surface area contributed by atoms with Gasteiger partial charge in [-0.2, -0.15) is 0 Å². The van der Waals surface area contributed by atoms with E-state index in [4.69, 9.17) is 0 Å². The average molecular weight is 356 g/mol. The number of rotatable bonds is 2. The number of carbonyl (C=O) groups excluding carboxylic acids is 3. The van der Waals surface area contributed by atoms with Crippen LogP contribution in [0.25, 0.3) is 0 Å². The maximum atomic E-state index is 11.9. The van der Waals surface area contributed by atoms with E-state index in [1.165, 1.54) is 13.8 Å². The Bertz CT molecular complexity index is 305. The van der Waals surface area contributed by atoms with Gasteiger partial charge in [0.25, 0.3) is 0 Å². The van der Waals surface area contributed by atoms with Gasteiger partial charge in [0.05, 0.1) is 12.1 Å². The highest BCUT2D eigenvalue weighted by Gasteiger charge is 2.48. The minimum absolute atomic E-state index is 0.312. The van der Waals surface area contributed by atoms with Crippen LogP contribution in [0.4, 0.5) is 4.79 Å². The lowest BCUT2D eigenvalue weighted by molar-refractivity contribution is -0.126. The van der Waals surface area contributed by atoms with Crippen LogP contribution in [0.3, 0.4) is 0 Å². The van der Waals surface area contributed by atoms with E-state index < -0.39 is 6.03 Å². The Morgan fingerprint density at radius 2 is 1.38 bits per heavy atom. The molecule has 1 rings (SSSR count). The number of urea groups is 1. The van der Waals surface area contributed by atoms with E-state index in [0.717, 1.165) is 9.80 Å². The van der Waals surface area contributed by atoms with Gasteiger partial charge in [-0.25, -0.2) is 4.79 Å². The molecule has 1 fully saturated rings. The predicted octanol–water partition coefficient (Wildman–Crippen LogP) is 1.34. The summed E-state index contributed by atoms with van der Waals surface area (Å²) >= 11 is 6.53. The number of carbonyl (C=O) groups is 3. The van der Waals surface area contributed by atoms with Crippen molar-refractivity contribution in [3.05, 3.63) is 0 Å². The number of imide groups is 2. The molecule has 2 unspecified atom stereocenters. The smallest absolute Gasteiger partial charge is 0.275 e. The summed E-state index contributed by atoms with van der Waals surface area (Å²) in [5, 5.41) is 0.913. The predicted molar refractivity (Wildman–Crippen MR) is 65.6 cm³/mol. The monoisotopic (exact) mass is 354 g/mol. The van der Waals surface area contributed by atoms with Gasteiger partial charge in [0.15, 0.2) is 0 Å². The summed E-state index contributed by atoms with van der Waals surface area (Å²) < 4.78 is 0. The van der Waals surface area contributed by atoms with Crippen molar-refractivity contribution in [3.8, 4) is 0 Å². The van der Waals surface area contributed by atoms with Crippen molar-refractivity contribution in [2.75, 3.05) is 10.7 Å². The lowest BCUT2D eigenvalue weighted by Crippen LogP contribution is -2.42. The van der Waals surface area contributed by atoms with Gasteiger partial charge < -0.3 is 0 Å². The second-order valence-electron chi connectivity index (χ2n) is 3.50. The first-order chi connectivity index (χ1) is 7.45. The largest absolute Gasteiger partial charge is 0.334 e. The maximum Gasteiger partial charge on any atom is 0.334 e. The van der Waals surface area contributed by atoms with E-state index in [1.807, 2.05) is 0 Å². The molecule has 0 radical (unpaired) electrons. The molecule has 1 aliphatic heterocycles. The number of amides is 4. The number of alkyl halides is 2. The van der Waals surface area contributed by atoms with Crippen LogP contribution >= 0.6 is 31.9 Å². The number of halogens is 2. The van der Waals surface area contributed by atoms with Crippen LogP contribution in [0.5, 0.6) is 0 Å². The molecule has 0 bridgehead atoms. The van der Waals surface area contributed by atoms with Crippen molar-refractivity contribution < 1.29 is 14.4 Å². The van der Waals surface area contributed by atoms with Gasteiger partial charge in [0.2, 0.25) is 11.8 Å². The normalized spacial score (nSPS) is 25.1. The quantitative estimate of drug-likeness (QED) is 0.702. The summed E-state index contributed by atoms with van der Waals surface area (Å²) in [5.74, 6) is -0.687. The summed E-state index contributed by atoms with van der Waals surface area (Å²) in [5.41, 5.74) is 0. The molecule has 1 aliphatic rings. The molecule has 2 atom stereocenters. The van der Waals surface area contributed by atoms with Crippen molar-refractivity contribution >= 4 is 49.7 Å². The molecule has 1 heterocycles. The number of hydrogen-bond acceptors (Lipinski definition) is 3. The minimum atomic E-state index is -0.533. The number of nitrogens with zero attached hydrogens (tertiary/aromatic N) is 2. The summed E-state index contributed by atoms with van der Waals surface area (Å²) in [6, 6.07) is -1.16. The van der Waals surface area contributed by atoms with Crippen molar-refractivity contribution in [1.82, 2.24) is 9.80 Å². The third kappa shape index (κ3) is 2.15. The molecule has 0 N–H and O–H groups in total. The van der Waals surface area contributed by atoms with Gasteiger partial charge in [0, 0.05) is 24.5 Å². The van der Waals surface area contributed by atoms with E-state index in [-0.39, 0.29) is 23.9 Å². The van der Waals surface area contributed by atoms with Crippen molar-refractivity contribution in [2.45, 2.75) is 25.9 Å². The Balaban J connectivity index is 3.12. The zero-order chi connectivity index (χ0) is 12.5. The Morgan fingerprint density at radius 1 is 1.06 bits per heavy atom. The fraction of sp³-hybridized carbons (Fsp3) is 0.667. The highest BCUT2D eigenvalue weighted by molar-refractivity contribution is 9.09. The Kier molecular flexibility index (Phi) is 4.49. The lowest BCUT2D eigenvalue weighted by Gasteiger charge is -2.21. The molecule has 0 saturated carbocycles. The van der Waals surface area contributed by atoms with E-state index in [9.17, 15) is 14.4 Å². The zero-order valence-corrected chi connectivity index (χ0v) is 12.1. The van der Waals surface area contributed by atoms with Crippen molar-refractivity contribution in [3.63, 3.8) is 0 Å². The molecule has 0 spiro atoms. The molecular weight excluding hydrogens is 344 g/mol. The summed E-state index contributed by atoms with van der Waals surface area (Å²) in [4.78, 5) is 36.9. The molecule has 90 valence electrons. The van der Waals surface area contributed by atoms with Crippen LogP contribution in [0.1, 0.15) is 13.8 Å². The van der Waals surface area contributed by atoms with E-state index >= 15 is 0 Å². The molecule has 1 saturated heterocycles. The topological polar surface area (TPSA) is 57.7 Å². The van der Waals surface area contributed by atoms with Crippen LogP contribution in [-0.2, 0) is 9.59 Å². The Hall–Kier alpha value is -0.430. The molecule has 0 aliphatic carbocycles. The first-order valence-corrected chi connectivity index (χ1v) is 6.95. The first kappa shape index (κ1) is 13.6. The highest BCUT2D eigenvalue weighted by atomic mass is 79.9. The van der Waals surface area contributed by atoms with Gasteiger partial charge in [0.1, 0.15) is 0 Å². The van der Waals surface area contributed by atoms with Gasteiger partial charge in [-0.15, -0.1) is 0 Å². The lowest BCUT2D eigenvalue weighted by atomic mass is 10.1. The molecule has 0 aromatic heterocycles. The average Bonchev–Trinajstić information content (AvgIpc) is 2.49. The Labute approximate surface area is 110 Å². The van der Waals surface area contributed by atoms with Gasteiger partial charge in [-0.1, -0.05) is 31.9 Å². The summed E-state index contributed by atoms with van der Waals surface area (Å²) in [6.07, 6.45) is 0. The maximum absolute atomic E-state index is 11.9. The summed E-state index contributed by atoms with van der Waals surface area (Å²) in [6.45, 7) is 2.64. The van der Waals surface area contributed by atoms with Crippen LogP contribution in [0.2, 0.25) is 0 Å². The standard InChI is InChI=1S/C9H12Br2N2O3/c1-5(14)12-7(3-10)8(4-11)13(6(2)15)9(12)16/h7-8H,3-4H2,1-2H3. The molecule has 4 amide bonds. The van der Waals surface area contributed by atoms with Crippen molar-refractivity contribution in [2.24, 2.45) is 0 Å². The van der Waals surface area contributed by atoms with Crippen LogP contribution < -0.4 is 0 Å². The van der Waals surface area contributed by atoms with Crippen LogP contribution in [0.15, 0.2) is 0 Å². The van der Waals surface area contributed by atoms with Crippen molar-refractivity contribution in [1.29, 1.82) is 0 Å². The third-order valence-corrected chi connectivity index (χ3v) is 3.84. The second-order valence-corrected chi connectivity index (χ2v) is 4.80. The number of hydrogen-bond donors (Lipinski definition) is 0. The molecule has 16 heavy (non-hydrogen) atoms. The highest BCUT2D eigenvalue weighted by Crippen LogP contribution is 2.26. The van der Waals surface area contributed by atoms with Gasteiger partial charge >= 0.3 is 6.03 Å². The third-order valence-electron chi connectivity index (χ3n) is 2.51. The minimum Gasteiger partial charge on any atom is -0.275 e. The molecular formula is C9H12Br2N2O3. The van der Waals surface area contributed by atoms with E-state index in [2.05, 4.69) is 31.9 Å². The van der Waals surface area contributed by atoms with Gasteiger partial charge in [-0.05, 0) is 0 Å². The molecule has 0 aromatic rings.